The van der Waals surface area contributed by atoms with Crippen LogP contribution in [0, 0.1) is 0 Å². The molecule has 0 saturated heterocycles. The Morgan fingerprint density at radius 3 is 2.71 bits per heavy atom. The zero-order valence-electron chi connectivity index (χ0n) is 13.7. The van der Waals surface area contributed by atoms with Crippen molar-refractivity contribution in [2.45, 2.75) is 37.8 Å². The molecule has 1 amide bonds. The van der Waals surface area contributed by atoms with Gasteiger partial charge in [0.1, 0.15) is 0 Å². The van der Waals surface area contributed by atoms with Crippen molar-refractivity contribution in [3.8, 4) is 0 Å². The van der Waals surface area contributed by atoms with Gasteiger partial charge in [0.15, 0.2) is 0 Å². The zero-order valence-corrected chi connectivity index (χ0v) is 13.7. The summed E-state index contributed by atoms with van der Waals surface area (Å²) in [5, 5.41) is 12.9. The predicted octanol–water partition coefficient (Wildman–Crippen LogP) is 2.41. The Kier molecular flexibility index (Phi) is 4.57. The highest BCUT2D eigenvalue weighted by molar-refractivity contribution is 6.07. The first-order valence-corrected chi connectivity index (χ1v) is 8.16. The van der Waals surface area contributed by atoms with Crippen molar-refractivity contribution in [3.63, 3.8) is 0 Å². The molecule has 1 aromatic carbocycles. The van der Waals surface area contributed by atoms with Crippen LogP contribution in [0.15, 0.2) is 30.5 Å². The number of carboxylic acid groups (broad SMARTS) is 1. The van der Waals surface area contributed by atoms with Gasteiger partial charge in [-0.1, -0.05) is 18.2 Å². The molecule has 2 N–H and O–H groups in total. The summed E-state index contributed by atoms with van der Waals surface area (Å²) in [6.07, 6.45) is 4.18. The Morgan fingerprint density at radius 2 is 2.08 bits per heavy atom. The highest BCUT2D eigenvalue weighted by Crippen LogP contribution is 2.35. The molecule has 3 rings (SSSR count). The van der Waals surface area contributed by atoms with Crippen LogP contribution < -0.4 is 5.32 Å². The minimum absolute atomic E-state index is 0.0267. The number of benzene rings is 1. The van der Waals surface area contributed by atoms with Crippen LogP contribution >= 0.6 is 0 Å². The number of rotatable bonds is 7. The van der Waals surface area contributed by atoms with Gasteiger partial charge in [-0.3, -0.25) is 9.59 Å². The van der Waals surface area contributed by atoms with Gasteiger partial charge in [-0.05, 0) is 25.3 Å². The van der Waals surface area contributed by atoms with Crippen LogP contribution in [0.3, 0.4) is 0 Å². The number of hydrogen-bond acceptors (Lipinski definition) is 3. The number of aliphatic carboxylic acids is 1. The van der Waals surface area contributed by atoms with Crippen molar-refractivity contribution in [2.75, 3.05) is 13.7 Å². The molecular weight excluding hydrogens is 308 g/mol. The molecule has 128 valence electrons. The van der Waals surface area contributed by atoms with Gasteiger partial charge < -0.3 is 19.7 Å². The average Bonchev–Trinajstić information content (AvgIpc) is 2.89. The van der Waals surface area contributed by atoms with Gasteiger partial charge in [0, 0.05) is 30.8 Å². The molecule has 0 atom stereocenters. The van der Waals surface area contributed by atoms with Crippen LogP contribution in [0.2, 0.25) is 0 Å². The van der Waals surface area contributed by atoms with E-state index >= 15 is 0 Å². The van der Waals surface area contributed by atoms with Crippen molar-refractivity contribution in [1.82, 2.24) is 9.88 Å². The smallest absolute Gasteiger partial charge is 0.305 e. The minimum Gasteiger partial charge on any atom is -0.481 e. The van der Waals surface area contributed by atoms with Crippen molar-refractivity contribution in [3.05, 3.63) is 36.0 Å². The van der Waals surface area contributed by atoms with Crippen LogP contribution in [0.1, 0.15) is 36.0 Å². The number of hydrogen-bond donors (Lipinski definition) is 2. The molecule has 1 aliphatic rings. The number of para-hydroxylation sites is 1. The van der Waals surface area contributed by atoms with E-state index < -0.39 is 11.5 Å². The standard InChI is InChI=1S/C18H22N2O4/c1-24-10-9-20-12-14(13-5-2-3-6-15(13)20)17(23)19-18(7-4-8-18)11-16(21)22/h2-3,5-6,12H,4,7-11H2,1H3,(H,19,23)(H,21,22). The van der Waals surface area contributed by atoms with Crippen LogP contribution in [-0.2, 0) is 16.1 Å². The maximum absolute atomic E-state index is 12.8. The maximum Gasteiger partial charge on any atom is 0.305 e. The van der Waals surface area contributed by atoms with Crippen LogP contribution in [0.5, 0.6) is 0 Å². The van der Waals surface area contributed by atoms with Crippen molar-refractivity contribution >= 4 is 22.8 Å². The fourth-order valence-corrected chi connectivity index (χ4v) is 3.35. The number of carbonyl (C=O) groups excluding carboxylic acids is 1. The van der Waals surface area contributed by atoms with Gasteiger partial charge in [0.2, 0.25) is 0 Å². The molecule has 6 heteroatoms. The summed E-state index contributed by atoms with van der Waals surface area (Å²) >= 11 is 0. The molecule has 0 radical (unpaired) electrons. The Hall–Kier alpha value is -2.34. The van der Waals surface area contributed by atoms with Gasteiger partial charge in [-0.2, -0.15) is 0 Å². The lowest BCUT2D eigenvalue weighted by molar-refractivity contribution is -0.139. The van der Waals surface area contributed by atoms with E-state index in [2.05, 4.69) is 5.32 Å². The Balaban J connectivity index is 1.88. The van der Waals surface area contributed by atoms with Crippen LogP contribution in [0.25, 0.3) is 10.9 Å². The van der Waals surface area contributed by atoms with Gasteiger partial charge in [-0.25, -0.2) is 0 Å². The summed E-state index contributed by atoms with van der Waals surface area (Å²) in [4.78, 5) is 23.9. The first-order chi connectivity index (χ1) is 11.5. The maximum atomic E-state index is 12.8. The zero-order chi connectivity index (χ0) is 17.2. The van der Waals surface area contributed by atoms with E-state index in [0.717, 1.165) is 17.3 Å². The minimum atomic E-state index is -0.877. The highest BCUT2D eigenvalue weighted by atomic mass is 16.5. The number of ether oxygens (including phenoxy) is 1. The normalized spacial score (nSPS) is 15.9. The monoisotopic (exact) mass is 330 g/mol. The third-order valence-electron chi connectivity index (χ3n) is 4.75. The van der Waals surface area contributed by atoms with E-state index in [0.29, 0.717) is 31.6 Å². The number of amides is 1. The molecular formula is C18H22N2O4. The number of carbonyl (C=O) groups is 2. The van der Waals surface area contributed by atoms with Crippen molar-refractivity contribution in [1.29, 1.82) is 0 Å². The van der Waals surface area contributed by atoms with Crippen molar-refractivity contribution < 1.29 is 19.4 Å². The largest absolute Gasteiger partial charge is 0.481 e. The number of carboxylic acids is 1. The second-order valence-electron chi connectivity index (χ2n) is 6.40. The van der Waals surface area contributed by atoms with Gasteiger partial charge in [0.05, 0.1) is 24.1 Å². The second kappa shape index (κ2) is 6.65. The first-order valence-electron chi connectivity index (χ1n) is 8.16. The Morgan fingerprint density at radius 1 is 1.33 bits per heavy atom. The van der Waals surface area contributed by atoms with Gasteiger partial charge in [0.25, 0.3) is 5.91 Å². The van der Waals surface area contributed by atoms with E-state index in [4.69, 9.17) is 9.84 Å². The molecule has 24 heavy (non-hydrogen) atoms. The Bertz CT molecular complexity index is 761. The first kappa shape index (κ1) is 16.5. The van der Waals surface area contributed by atoms with Gasteiger partial charge in [-0.15, -0.1) is 0 Å². The second-order valence-corrected chi connectivity index (χ2v) is 6.40. The SMILES string of the molecule is COCCn1cc(C(=O)NC2(CC(=O)O)CCC2)c2ccccc21. The molecule has 1 saturated carbocycles. The fraction of sp³-hybridized carbons (Fsp3) is 0.444. The summed E-state index contributed by atoms with van der Waals surface area (Å²) in [7, 11) is 1.64. The molecule has 2 aromatic rings. The molecule has 1 aliphatic carbocycles. The van der Waals surface area contributed by atoms with E-state index in [1.54, 1.807) is 7.11 Å². The predicted molar refractivity (Wildman–Crippen MR) is 90.1 cm³/mol. The molecule has 0 spiro atoms. The van der Waals surface area contributed by atoms with E-state index in [-0.39, 0.29) is 12.3 Å². The summed E-state index contributed by atoms with van der Waals surface area (Å²) in [6.45, 7) is 1.22. The third kappa shape index (κ3) is 3.14. The number of nitrogens with zero attached hydrogens (tertiary/aromatic N) is 1. The molecule has 0 bridgehead atoms. The quantitative estimate of drug-likeness (QED) is 0.817. The molecule has 1 heterocycles. The average molecular weight is 330 g/mol. The summed E-state index contributed by atoms with van der Waals surface area (Å²) in [5.41, 5.74) is 0.956. The van der Waals surface area contributed by atoms with Crippen molar-refractivity contribution in [2.24, 2.45) is 0 Å². The third-order valence-corrected chi connectivity index (χ3v) is 4.75. The highest BCUT2D eigenvalue weighted by Gasteiger charge is 2.40. The number of methoxy groups -OCH3 is 1. The summed E-state index contributed by atoms with van der Waals surface area (Å²) < 4.78 is 7.13. The molecule has 1 aromatic heterocycles. The molecule has 0 unspecified atom stereocenters. The lowest BCUT2D eigenvalue weighted by atomic mass is 9.74. The van der Waals surface area contributed by atoms with Crippen LogP contribution in [0.4, 0.5) is 0 Å². The van der Waals surface area contributed by atoms with Gasteiger partial charge >= 0.3 is 5.97 Å². The lowest BCUT2D eigenvalue weighted by Crippen LogP contribution is -2.54. The van der Waals surface area contributed by atoms with E-state index in [1.165, 1.54) is 0 Å². The fourth-order valence-electron chi connectivity index (χ4n) is 3.35. The summed E-state index contributed by atoms with van der Waals surface area (Å²) in [6, 6.07) is 7.72. The number of fused-ring (bicyclic) bond motifs is 1. The summed E-state index contributed by atoms with van der Waals surface area (Å²) in [5.74, 6) is -1.08. The number of nitrogens with one attached hydrogen (secondary N) is 1. The molecule has 0 aliphatic heterocycles. The topological polar surface area (TPSA) is 80.6 Å². The molecule has 6 nitrogen and oxygen atoms in total. The van der Waals surface area contributed by atoms with Crippen LogP contribution in [-0.4, -0.2) is 40.8 Å². The lowest BCUT2D eigenvalue weighted by Gasteiger charge is -2.41. The number of aromatic nitrogens is 1. The van der Waals surface area contributed by atoms with E-state index in [1.807, 2.05) is 35.0 Å². The van der Waals surface area contributed by atoms with E-state index in [9.17, 15) is 9.59 Å². The molecule has 1 fully saturated rings. The Labute approximate surface area is 140 Å².